The van der Waals surface area contributed by atoms with Crippen LogP contribution in [0.3, 0.4) is 0 Å². The van der Waals surface area contributed by atoms with Crippen LogP contribution < -0.4 is 20.3 Å². The molecule has 1 unspecified atom stereocenters. The lowest BCUT2D eigenvalue weighted by Gasteiger charge is -2.43. The molecule has 1 atom stereocenters. The average Bonchev–Trinajstić information content (AvgIpc) is 3.63. The third kappa shape index (κ3) is 11.3. The maximum absolute atomic E-state index is 13.2. The van der Waals surface area contributed by atoms with Crippen LogP contribution >= 0.6 is 30.5 Å². The summed E-state index contributed by atoms with van der Waals surface area (Å²) in [5.74, 6) is 1.79. The third-order valence-corrected chi connectivity index (χ3v) is 16.2. The van der Waals surface area contributed by atoms with Gasteiger partial charge in [0.2, 0.25) is 17.7 Å². The SMILES string of the molecule is COc1cc(N2CCC(N3CCN(C(=O)CCCCCSc4ccc5c(c4)CN(C4CCC(=O)NC4=O)C5=O)CC3)CC2)ccc1Cc1ncc(Cl)c(Cc2ccccc2P(C)(C)=O)n1. The van der Waals surface area contributed by atoms with E-state index in [0.29, 0.717) is 60.4 Å². The topological polar surface area (TPSA) is 145 Å². The van der Waals surface area contributed by atoms with Crippen LogP contribution in [0.5, 0.6) is 5.75 Å². The van der Waals surface area contributed by atoms with Gasteiger partial charge in [-0.15, -0.1) is 11.8 Å². The Kier molecular flexibility index (Phi) is 15.0. The molecule has 4 aromatic rings. The molecule has 4 amide bonds. The van der Waals surface area contributed by atoms with Gasteiger partial charge in [-0.05, 0) is 86.6 Å². The van der Waals surface area contributed by atoms with Crippen molar-refractivity contribution >= 4 is 65.1 Å². The molecule has 3 aromatic carbocycles. The van der Waals surface area contributed by atoms with Crippen LogP contribution in [-0.2, 0) is 38.3 Å². The number of hydrogen-bond donors (Lipinski definition) is 1. The van der Waals surface area contributed by atoms with Crippen LogP contribution in [0.15, 0.2) is 71.8 Å². The molecule has 3 fully saturated rings. The number of fused-ring (bicyclic) bond motifs is 1. The predicted molar refractivity (Wildman–Crippen MR) is 256 cm³/mol. The molecule has 0 saturated carbocycles. The highest BCUT2D eigenvalue weighted by Crippen LogP contribution is 2.37. The number of halogens is 1. The number of carbonyl (C=O) groups is 4. The van der Waals surface area contributed by atoms with Gasteiger partial charge in [-0.1, -0.05) is 48.4 Å². The predicted octanol–water partition coefficient (Wildman–Crippen LogP) is 6.79. The number of imide groups is 1. The fourth-order valence-corrected chi connectivity index (χ4v) is 12.1. The summed E-state index contributed by atoms with van der Waals surface area (Å²) >= 11 is 8.33. The van der Waals surface area contributed by atoms with Crippen LogP contribution in [0, 0.1) is 0 Å². The zero-order valence-corrected chi connectivity index (χ0v) is 40.1. The Bertz CT molecular complexity index is 2470. The quantitative estimate of drug-likeness (QED) is 0.0549. The van der Waals surface area contributed by atoms with E-state index in [1.807, 2.05) is 47.4 Å². The summed E-state index contributed by atoms with van der Waals surface area (Å²) in [4.78, 5) is 69.2. The van der Waals surface area contributed by atoms with Gasteiger partial charge in [0, 0.05) is 117 Å². The molecule has 3 saturated heterocycles. The Labute approximate surface area is 391 Å². The van der Waals surface area contributed by atoms with Gasteiger partial charge in [0.1, 0.15) is 24.8 Å². The number of amides is 4. The first-order chi connectivity index (χ1) is 31.3. The molecule has 1 aromatic heterocycles. The van der Waals surface area contributed by atoms with Crippen LogP contribution in [0.4, 0.5) is 5.69 Å². The maximum atomic E-state index is 13.2. The van der Waals surface area contributed by atoms with E-state index in [9.17, 15) is 23.7 Å². The van der Waals surface area contributed by atoms with Crippen molar-refractivity contribution in [3.05, 3.63) is 106 Å². The number of nitrogens with zero attached hydrogens (tertiary/aromatic N) is 6. The number of piperazine rings is 1. The molecule has 0 aliphatic carbocycles. The van der Waals surface area contributed by atoms with E-state index < -0.39 is 19.1 Å². The summed E-state index contributed by atoms with van der Waals surface area (Å²) in [5, 5.41) is 3.69. The van der Waals surface area contributed by atoms with Crippen molar-refractivity contribution in [3.8, 4) is 5.75 Å². The van der Waals surface area contributed by atoms with Crippen molar-refractivity contribution in [2.75, 3.05) is 70.4 Å². The first-order valence-electron chi connectivity index (χ1n) is 22.8. The number of aromatic nitrogens is 2. The third-order valence-electron chi connectivity index (χ3n) is 13.2. The lowest BCUT2D eigenvalue weighted by molar-refractivity contribution is -0.137. The molecule has 4 aliphatic rings. The minimum atomic E-state index is -2.48. The first kappa shape index (κ1) is 46.8. The molecule has 0 radical (unpaired) electrons. The van der Waals surface area contributed by atoms with E-state index in [1.165, 1.54) is 0 Å². The van der Waals surface area contributed by atoms with Crippen LogP contribution in [0.25, 0.3) is 0 Å². The number of methoxy groups -OCH3 is 1. The standard InChI is InChI=1S/C49H59ClN7O6PS/c1-63-43-30-37(13-12-33(43)29-45-51-31-40(50)41(52-45)28-34-9-6-7-10-44(34)64(2,3)62)54-20-18-36(19-21-54)55-22-24-56(25-23-55)47(59)11-5-4-8-26-65-38-14-15-39-35(27-38)32-57(49(39)61)42-16-17-46(58)53-48(42)60/h6-7,9-10,12-15,27,30-31,36,42H,4-5,8,11,16-26,28-29,32H2,1-3H3,(H,53,58,60). The van der Waals surface area contributed by atoms with Gasteiger partial charge < -0.3 is 24.0 Å². The number of benzene rings is 3. The van der Waals surface area contributed by atoms with Crippen molar-refractivity contribution in [3.63, 3.8) is 0 Å². The molecule has 344 valence electrons. The summed E-state index contributed by atoms with van der Waals surface area (Å²) < 4.78 is 18.9. The first-order valence-corrected chi connectivity index (χ1v) is 26.8. The van der Waals surface area contributed by atoms with Gasteiger partial charge in [-0.3, -0.25) is 29.4 Å². The Balaban J connectivity index is 0.735. The molecule has 4 aliphatic heterocycles. The lowest BCUT2D eigenvalue weighted by atomic mass is 10.0. The van der Waals surface area contributed by atoms with Crippen molar-refractivity contribution in [1.82, 2.24) is 30.0 Å². The Hall–Kier alpha value is -4.75. The molecule has 16 heteroatoms. The fraction of sp³-hybridized carbons (Fsp3) is 0.469. The molecule has 5 heterocycles. The normalized spacial score (nSPS) is 18.6. The van der Waals surface area contributed by atoms with E-state index >= 15 is 0 Å². The van der Waals surface area contributed by atoms with Crippen molar-refractivity contribution in [1.29, 1.82) is 0 Å². The fourth-order valence-electron chi connectivity index (χ4n) is 9.63. The van der Waals surface area contributed by atoms with Crippen LogP contribution in [-0.4, -0.2) is 126 Å². The summed E-state index contributed by atoms with van der Waals surface area (Å²) in [7, 11) is -0.777. The van der Waals surface area contributed by atoms with E-state index in [2.05, 4.69) is 38.3 Å². The highest BCUT2D eigenvalue weighted by Gasteiger charge is 2.39. The van der Waals surface area contributed by atoms with Crippen molar-refractivity contribution in [2.24, 2.45) is 0 Å². The second-order valence-corrected chi connectivity index (χ2v) is 22.7. The number of rotatable bonds is 16. The molecule has 13 nitrogen and oxygen atoms in total. The lowest BCUT2D eigenvalue weighted by Crippen LogP contribution is -2.54. The highest BCUT2D eigenvalue weighted by atomic mass is 35.5. The summed E-state index contributed by atoms with van der Waals surface area (Å²) in [6.45, 7) is 9.23. The van der Waals surface area contributed by atoms with E-state index in [4.69, 9.17) is 21.3 Å². The number of carbonyl (C=O) groups excluding carboxylic acids is 4. The number of thioether (sulfide) groups is 1. The van der Waals surface area contributed by atoms with Crippen LogP contribution in [0.2, 0.25) is 5.02 Å². The average molecular weight is 941 g/mol. The number of piperidine rings is 2. The van der Waals surface area contributed by atoms with E-state index in [0.717, 1.165) is 115 Å². The number of unbranched alkanes of at least 4 members (excludes halogenated alkanes) is 2. The second kappa shape index (κ2) is 20.8. The van der Waals surface area contributed by atoms with Crippen molar-refractivity contribution in [2.45, 2.75) is 87.7 Å². The molecule has 0 spiro atoms. The van der Waals surface area contributed by atoms with Gasteiger partial charge in [0.25, 0.3) is 5.91 Å². The summed E-state index contributed by atoms with van der Waals surface area (Å²) in [6, 6.07) is 19.9. The van der Waals surface area contributed by atoms with Gasteiger partial charge in [-0.2, -0.15) is 0 Å². The van der Waals surface area contributed by atoms with E-state index in [1.54, 1.807) is 43.3 Å². The Morgan fingerprint density at radius 3 is 2.45 bits per heavy atom. The smallest absolute Gasteiger partial charge is 0.255 e. The van der Waals surface area contributed by atoms with E-state index in [-0.39, 0.29) is 24.1 Å². The number of nitrogens with one attached hydrogen (secondary N) is 1. The maximum Gasteiger partial charge on any atom is 0.255 e. The number of anilines is 1. The Morgan fingerprint density at radius 1 is 0.908 bits per heavy atom. The van der Waals surface area contributed by atoms with Gasteiger partial charge in [0.15, 0.2) is 0 Å². The molecular weight excluding hydrogens is 881 g/mol. The number of ether oxygens (including phenoxy) is 1. The highest BCUT2D eigenvalue weighted by molar-refractivity contribution is 7.99. The molecule has 1 N–H and O–H groups in total. The van der Waals surface area contributed by atoms with Gasteiger partial charge in [-0.25, -0.2) is 9.97 Å². The zero-order valence-electron chi connectivity index (χ0n) is 37.6. The summed E-state index contributed by atoms with van der Waals surface area (Å²) in [6.07, 6.45) is 8.79. The summed E-state index contributed by atoms with van der Waals surface area (Å²) in [5.41, 5.74) is 5.35. The zero-order chi connectivity index (χ0) is 45.7. The molecule has 0 bridgehead atoms. The number of hydrogen-bond acceptors (Lipinski definition) is 11. The monoisotopic (exact) mass is 939 g/mol. The molecular formula is C49H59ClN7O6PS. The molecule has 65 heavy (non-hydrogen) atoms. The minimum absolute atomic E-state index is 0.153. The second-order valence-electron chi connectivity index (χ2n) is 17.9. The minimum Gasteiger partial charge on any atom is -0.496 e. The van der Waals surface area contributed by atoms with Gasteiger partial charge in [0.05, 0.1) is 17.8 Å². The largest absolute Gasteiger partial charge is 0.496 e. The van der Waals surface area contributed by atoms with Crippen LogP contribution in [0.1, 0.15) is 89.9 Å². The Morgan fingerprint density at radius 2 is 1.69 bits per heavy atom. The van der Waals surface area contributed by atoms with Gasteiger partial charge >= 0.3 is 0 Å². The van der Waals surface area contributed by atoms with Crippen molar-refractivity contribution < 1.29 is 28.5 Å². The molecule has 8 rings (SSSR count).